The van der Waals surface area contributed by atoms with Crippen molar-refractivity contribution in [2.75, 3.05) is 32.8 Å². The average molecular weight is 224 g/mol. The van der Waals surface area contributed by atoms with E-state index in [9.17, 15) is 4.79 Å². The van der Waals surface area contributed by atoms with Gasteiger partial charge in [0.05, 0.1) is 11.5 Å². The monoisotopic (exact) mass is 224 g/mol. The Hall–Kier alpha value is -0.610. The van der Waals surface area contributed by atoms with Crippen LogP contribution in [0.3, 0.4) is 0 Å². The number of carbonyl (C=O) groups is 1. The predicted molar refractivity (Wildman–Crippen MR) is 60.1 cm³/mol. The predicted octanol–water partition coefficient (Wildman–Crippen LogP) is 0.377. The van der Waals surface area contributed by atoms with Crippen molar-refractivity contribution < 1.29 is 9.53 Å². The molecule has 3 saturated heterocycles. The molecule has 3 rings (SSSR count). The molecule has 0 saturated carbocycles. The molecule has 3 aliphatic rings. The Morgan fingerprint density at radius 2 is 2.19 bits per heavy atom. The smallest absolute Gasteiger partial charge is 0.228 e. The van der Waals surface area contributed by atoms with Gasteiger partial charge >= 0.3 is 0 Å². The van der Waals surface area contributed by atoms with Crippen molar-refractivity contribution in [2.24, 2.45) is 5.92 Å². The SMILES string of the molecule is O=C(C1CNC1)N1CC[C@@]2(CCCCO2)C1. The van der Waals surface area contributed by atoms with Gasteiger partial charge < -0.3 is 15.0 Å². The number of ether oxygens (including phenoxy) is 1. The van der Waals surface area contributed by atoms with Crippen LogP contribution >= 0.6 is 0 Å². The lowest BCUT2D eigenvalue weighted by atomic mass is 9.93. The fourth-order valence-electron chi connectivity index (χ4n) is 2.99. The molecule has 16 heavy (non-hydrogen) atoms. The molecule has 0 aromatic rings. The van der Waals surface area contributed by atoms with Crippen LogP contribution in [0.5, 0.6) is 0 Å². The van der Waals surface area contributed by atoms with Crippen molar-refractivity contribution >= 4 is 5.91 Å². The van der Waals surface area contributed by atoms with Crippen LogP contribution in [-0.2, 0) is 9.53 Å². The molecule has 0 radical (unpaired) electrons. The van der Waals surface area contributed by atoms with Gasteiger partial charge in [0.15, 0.2) is 0 Å². The number of hydrogen-bond donors (Lipinski definition) is 1. The second kappa shape index (κ2) is 4.00. The second-order valence-corrected chi connectivity index (χ2v) is 5.35. The summed E-state index contributed by atoms with van der Waals surface area (Å²) in [7, 11) is 0. The van der Waals surface area contributed by atoms with Crippen LogP contribution < -0.4 is 5.32 Å². The van der Waals surface area contributed by atoms with E-state index in [0.29, 0.717) is 5.91 Å². The highest BCUT2D eigenvalue weighted by Gasteiger charge is 2.43. The molecule has 0 aromatic carbocycles. The van der Waals surface area contributed by atoms with Crippen LogP contribution in [0.1, 0.15) is 25.7 Å². The summed E-state index contributed by atoms with van der Waals surface area (Å²) in [5.41, 5.74) is 0.0189. The normalized spacial score (nSPS) is 35.4. The van der Waals surface area contributed by atoms with Crippen LogP contribution in [-0.4, -0.2) is 49.2 Å². The van der Waals surface area contributed by atoms with E-state index in [1.54, 1.807) is 0 Å². The molecular formula is C12H20N2O2. The Balaban J connectivity index is 1.61. The summed E-state index contributed by atoms with van der Waals surface area (Å²) in [4.78, 5) is 14.1. The fourth-order valence-corrected chi connectivity index (χ4v) is 2.99. The average Bonchev–Trinajstić information content (AvgIpc) is 2.61. The first kappa shape index (κ1) is 10.5. The van der Waals surface area contributed by atoms with Gasteiger partial charge in [0.1, 0.15) is 0 Å². The number of likely N-dealkylation sites (tertiary alicyclic amines) is 1. The molecule has 3 aliphatic heterocycles. The Kier molecular flexibility index (Phi) is 2.64. The number of hydrogen-bond acceptors (Lipinski definition) is 3. The molecule has 1 spiro atoms. The van der Waals surface area contributed by atoms with E-state index < -0.39 is 0 Å². The summed E-state index contributed by atoms with van der Waals surface area (Å²) in [6, 6.07) is 0. The summed E-state index contributed by atoms with van der Waals surface area (Å²) in [5.74, 6) is 0.573. The maximum absolute atomic E-state index is 12.1. The van der Waals surface area contributed by atoms with Gasteiger partial charge in [0, 0.05) is 32.8 Å². The zero-order valence-electron chi connectivity index (χ0n) is 9.71. The van der Waals surface area contributed by atoms with Gasteiger partial charge in [-0.15, -0.1) is 0 Å². The molecule has 4 heteroatoms. The third-order valence-corrected chi connectivity index (χ3v) is 4.19. The number of rotatable bonds is 1. The highest BCUT2D eigenvalue weighted by Crippen LogP contribution is 2.34. The second-order valence-electron chi connectivity index (χ2n) is 5.35. The summed E-state index contributed by atoms with van der Waals surface area (Å²) < 4.78 is 5.93. The molecule has 1 N–H and O–H groups in total. The van der Waals surface area contributed by atoms with Gasteiger partial charge in [-0.3, -0.25) is 4.79 Å². The lowest BCUT2D eigenvalue weighted by Gasteiger charge is -2.35. The van der Waals surface area contributed by atoms with Crippen LogP contribution in [0.2, 0.25) is 0 Å². The van der Waals surface area contributed by atoms with Crippen LogP contribution in [0.4, 0.5) is 0 Å². The molecule has 4 nitrogen and oxygen atoms in total. The zero-order valence-corrected chi connectivity index (χ0v) is 9.71. The van der Waals surface area contributed by atoms with E-state index in [1.165, 1.54) is 12.8 Å². The summed E-state index contributed by atoms with van der Waals surface area (Å²) in [6.45, 7) is 4.34. The standard InChI is InChI=1S/C12H20N2O2/c15-11(10-7-13-8-10)14-5-4-12(9-14)3-1-2-6-16-12/h10,13H,1-9H2/t12-/m0/s1. The molecule has 0 unspecified atom stereocenters. The lowest BCUT2D eigenvalue weighted by Crippen LogP contribution is -2.52. The van der Waals surface area contributed by atoms with E-state index in [-0.39, 0.29) is 11.5 Å². The van der Waals surface area contributed by atoms with Crippen molar-refractivity contribution in [3.63, 3.8) is 0 Å². The Morgan fingerprint density at radius 1 is 1.31 bits per heavy atom. The van der Waals surface area contributed by atoms with Gasteiger partial charge in [-0.1, -0.05) is 0 Å². The van der Waals surface area contributed by atoms with Crippen molar-refractivity contribution in [2.45, 2.75) is 31.3 Å². The summed E-state index contributed by atoms with van der Waals surface area (Å²) >= 11 is 0. The first-order valence-electron chi connectivity index (χ1n) is 6.43. The van der Waals surface area contributed by atoms with Crippen molar-refractivity contribution in [1.29, 1.82) is 0 Å². The molecule has 90 valence electrons. The minimum absolute atomic E-state index is 0.0189. The zero-order chi connectivity index (χ0) is 11.0. The topological polar surface area (TPSA) is 41.6 Å². The Labute approximate surface area is 96.3 Å². The van der Waals surface area contributed by atoms with Gasteiger partial charge in [-0.05, 0) is 25.7 Å². The number of carbonyl (C=O) groups excluding carboxylic acids is 1. The van der Waals surface area contributed by atoms with Gasteiger partial charge in [-0.25, -0.2) is 0 Å². The number of amides is 1. The maximum Gasteiger partial charge on any atom is 0.228 e. The van der Waals surface area contributed by atoms with E-state index in [4.69, 9.17) is 4.74 Å². The van der Waals surface area contributed by atoms with Crippen LogP contribution in [0.25, 0.3) is 0 Å². The quantitative estimate of drug-likeness (QED) is 0.700. The molecule has 3 fully saturated rings. The molecule has 0 bridgehead atoms. The van der Waals surface area contributed by atoms with E-state index in [2.05, 4.69) is 5.32 Å². The van der Waals surface area contributed by atoms with Crippen LogP contribution in [0, 0.1) is 5.92 Å². The minimum atomic E-state index is 0.0189. The molecule has 0 aromatic heterocycles. The van der Waals surface area contributed by atoms with Gasteiger partial charge in [0.25, 0.3) is 0 Å². The van der Waals surface area contributed by atoms with Crippen molar-refractivity contribution in [1.82, 2.24) is 10.2 Å². The lowest BCUT2D eigenvalue weighted by molar-refractivity contribution is -0.138. The highest BCUT2D eigenvalue weighted by molar-refractivity contribution is 5.80. The third-order valence-electron chi connectivity index (χ3n) is 4.19. The number of nitrogens with zero attached hydrogens (tertiary/aromatic N) is 1. The summed E-state index contributed by atoms with van der Waals surface area (Å²) in [6.07, 6.45) is 4.62. The van der Waals surface area contributed by atoms with Crippen molar-refractivity contribution in [3.05, 3.63) is 0 Å². The van der Waals surface area contributed by atoms with Crippen molar-refractivity contribution in [3.8, 4) is 0 Å². The van der Waals surface area contributed by atoms with E-state index in [0.717, 1.165) is 45.6 Å². The number of nitrogens with one attached hydrogen (secondary N) is 1. The first-order valence-corrected chi connectivity index (χ1v) is 6.43. The maximum atomic E-state index is 12.1. The van der Waals surface area contributed by atoms with Gasteiger partial charge in [-0.2, -0.15) is 0 Å². The summed E-state index contributed by atoms with van der Waals surface area (Å²) in [5, 5.41) is 3.16. The molecule has 3 heterocycles. The molecule has 1 amide bonds. The highest BCUT2D eigenvalue weighted by atomic mass is 16.5. The fraction of sp³-hybridized carbons (Fsp3) is 0.917. The van der Waals surface area contributed by atoms with E-state index in [1.807, 2.05) is 4.90 Å². The molecule has 1 atom stereocenters. The van der Waals surface area contributed by atoms with E-state index >= 15 is 0 Å². The molecule has 0 aliphatic carbocycles. The van der Waals surface area contributed by atoms with Gasteiger partial charge in [0.2, 0.25) is 5.91 Å². The Morgan fingerprint density at radius 3 is 2.81 bits per heavy atom. The first-order chi connectivity index (χ1) is 7.79. The third kappa shape index (κ3) is 1.74. The largest absolute Gasteiger partial charge is 0.373 e. The molecular weight excluding hydrogens is 204 g/mol. The van der Waals surface area contributed by atoms with Crippen LogP contribution in [0.15, 0.2) is 0 Å². The Bertz CT molecular complexity index is 283. The minimum Gasteiger partial charge on any atom is -0.373 e.